The van der Waals surface area contributed by atoms with Crippen LogP contribution in [0.2, 0.25) is 0 Å². The van der Waals surface area contributed by atoms with Crippen LogP contribution in [0.3, 0.4) is 0 Å². The molecule has 0 spiro atoms. The van der Waals surface area contributed by atoms with Crippen molar-refractivity contribution in [2.75, 3.05) is 19.8 Å². The molecule has 6 rings (SSSR count). The third kappa shape index (κ3) is 2.77. The lowest BCUT2D eigenvalue weighted by Crippen LogP contribution is -2.53. The first-order chi connectivity index (χ1) is 13.8. The van der Waals surface area contributed by atoms with E-state index in [1.165, 1.54) is 44.3 Å². The Morgan fingerprint density at radius 2 is 2.07 bits per heavy atom. The average Bonchev–Trinajstić information content (AvgIpc) is 3.03. The van der Waals surface area contributed by atoms with Crippen molar-refractivity contribution in [3.05, 3.63) is 30.4 Å². The van der Waals surface area contributed by atoms with Crippen molar-refractivity contribution in [1.82, 2.24) is 24.3 Å². The van der Waals surface area contributed by atoms with E-state index in [-0.39, 0.29) is 0 Å². The van der Waals surface area contributed by atoms with Crippen LogP contribution in [0.4, 0.5) is 0 Å². The topological polar surface area (TPSA) is 58.5 Å². The molecule has 3 aromatic heterocycles. The van der Waals surface area contributed by atoms with Crippen molar-refractivity contribution < 1.29 is 4.74 Å². The Labute approximate surface area is 165 Å². The molecule has 6 nitrogen and oxygen atoms in total. The predicted octanol–water partition coefficient (Wildman–Crippen LogP) is 3.59. The Kier molecular flexibility index (Phi) is 3.98. The van der Waals surface area contributed by atoms with Crippen LogP contribution in [-0.2, 0) is 4.74 Å². The minimum atomic E-state index is 0.546. The van der Waals surface area contributed by atoms with E-state index < -0.39 is 0 Å². The van der Waals surface area contributed by atoms with E-state index in [4.69, 9.17) is 4.74 Å². The molecule has 0 amide bonds. The van der Waals surface area contributed by atoms with Gasteiger partial charge in [-0.05, 0) is 43.7 Å². The lowest BCUT2D eigenvalue weighted by molar-refractivity contribution is -0.0798. The van der Waals surface area contributed by atoms with Crippen LogP contribution in [0.25, 0.3) is 16.8 Å². The number of ether oxygens (including phenoxy) is 1. The molecule has 3 fully saturated rings. The van der Waals surface area contributed by atoms with Crippen molar-refractivity contribution in [1.29, 1.82) is 0 Å². The van der Waals surface area contributed by atoms with Gasteiger partial charge in [-0.2, -0.15) is 0 Å². The van der Waals surface area contributed by atoms with Crippen LogP contribution >= 0.6 is 0 Å². The summed E-state index contributed by atoms with van der Waals surface area (Å²) in [5.74, 6) is 2.20. The molecular formula is C22H29N5O. The fourth-order valence-corrected chi connectivity index (χ4v) is 5.47. The summed E-state index contributed by atoms with van der Waals surface area (Å²) in [6.45, 7) is 5.52. The van der Waals surface area contributed by atoms with Crippen molar-refractivity contribution >= 4 is 16.8 Å². The Hall–Kier alpha value is -1.92. The van der Waals surface area contributed by atoms with Crippen LogP contribution in [0.1, 0.15) is 50.6 Å². The third-order valence-electron chi connectivity index (χ3n) is 7.36. The van der Waals surface area contributed by atoms with Crippen LogP contribution in [0.15, 0.2) is 24.7 Å². The summed E-state index contributed by atoms with van der Waals surface area (Å²) < 4.78 is 7.88. The largest absolute Gasteiger partial charge is 0.378 e. The Morgan fingerprint density at radius 1 is 1.18 bits per heavy atom. The number of imidazole rings is 1. The number of hydrogen-bond acceptors (Lipinski definition) is 4. The quantitative estimate of drug-likeness (QED) is 0.711. The molecule has 3 atom stereocenters. The van der Waals surface area contributed by atoms with Gasteiger partial charge in [-0.25, -0.2) is 9.97 Å². The number of hydrogen-bond donors (Lipinski definition) is 1. The van der Waals surface area contributed by atoms with Crippen molar-refractivity contribution in [3.63, 3.8) is 0 Å². The first kappa shape index (κ1) is 17.0. The van der Waals surface area contributed by atoms with Gasteiger partial charge in [0.15, 0.2) is 11.3 Å². The van der Waals surface area contributed by atoms with Gasteiger partial charge in [0.05, 0.1) is 31.0 Å². The molecule has 1 N–H and O–H groups in total. The van der Waals surface area contributed by atoms with Gasteiger partial charge in [0.25, 0.3) is 0 Å². The first-order valence-corrected chi connectivity index (χ1v) is 10.9. The second-order valence-corrected chi connectivity index (χ2v) is 9.22. The van der Waals surface area contributed by atoms with E-state index >= 15 is 0 Å². The van der Waals surface area contributed by atoms with Gasteiger partial charge in [-0.15, -0.1) is 0 Å². The number of aromatic amines is 1. The molecule has 1 unspecified atom stereocenters. The highest BCUT2D eigenvalue weighted by atomic mass is 16.5. The summed E-state index contributed by atoms with van der Waals surface area (Å²) in [4.78, 5) is 15.2. The minimum absolute atomic E-state index is 0.546. The van der Waals surface area contributed by atoms with Gasteiger partial charge >= 0.3 is 0 Å². The standard InChI is InChI=1S/C22H29N5O/c1-14-8-16(26(17-12-28-13-17)7-5-15-2-3-15)9-18(14)20-10-24-21-11-25-22-19(27(20)21)4-6-23-22/h4,6,10-11,14-18,23H,2-3,5,7-9,12-13H2,1H3/t14-,16+,18?/m1/s1. The van der Waals surface area contributed by atoms with E-state index in [2.05, 4.69) is 43.4 Å². The highest BCUT2D eigenvalue weighted by molar-refractivity contribution is 5.74. The monoisotopic (exact) mass is 379 g/mol. The number of rotatable bonds is 6. The van der Waals surface area contributed by atoms with E-state index in [0.29, 0.717) is 23.9 Å². The fourth-order valence-electron chi connectivity index (χ4n) is 5.47. The van der Waals surface area contributed by atoms with Crippen molar-refractivity contribution in [2.45, 2.75) is 57.0 Å². The maximum absolute atomic E-state index is 5.55. The van der Waals surface area contributed by atoms with Crippen LogP contribution in [-0.4, -0.2) is 56.1 Å². The zero-order valence-electron chi connectivity index (χ0n) is 16.6. The van der Waals surface area contributed by atoms with Crippen LogP contribution in [0, 0.1) is 11.8 Å². The SMILES string of the molecule is C[C@@H]1C[C@H](N(CCC2CC2)C2COC2)CC1c1cnc2cnc3[nH]ccc3n12. The summed E-state index contributed by atoms with van der Waals surface area (Å²) >= 11 is 0. The molecule has 2 saturated carbocycles. The number of H-pyrrole nitrogens is 1. The van der Waals surface area contributed by atoms with Crippen molar-refractivity contribution in [2.24, 2.45) is 11.8 Å². The van der Waals surface area contributed by atoms with E-state index in [9.17, 15) is 0 Å². The normalized spacial score (nSPS) is 28.6. The molecule has 1 saturated heterocycles. The molecule has 6 heteroatoms. The summed E-state index contributed by atoms with van der Waals surface area (Å²) in [5.41, 5.74) is 4.38. The Balaban J connectivity index is 1.30. The number of aromatic nitrogens is 4. The highest BCUT2D eigenvalue weighted by Crippen LogP contribution is 2.43. The summed E-state index contributed by atoms with van der Waals surface area (Å²) in [5, 5.41) is 0. The first-order valence-electron chi connectivity index (χ1n) is 10.9. The van der Waals surface area contributed by atoms with Gasteiger partial charge in [-0.3, -0.25) is 9.30 Å². The molecular weight excluding hydrogens is 350 g/mol. The maximum atomic E-state index is 5.55. The minimum Gasteiger partial charge on any atom is -0.378 e. The molecule has 4 heterocycles. The van der Waals surface area contributed by atoms with E-state index in [1.54, 1.807) is 0 Å². The van der Waals surface area contributed by atoms with E-state index in [1.807, 2.05) is 12.4 Å². The van der Waals surface area contributed by atoms with Gasteiger partial charge in [0.1, 0.15) is 0 Å². The number of nitrogens with one attached hydrogen (secondary N) is 1. The highest BCUT2D eigenvalue weighted by Gasteiger charge is 2.41. The van der Waals surface area contributed by atoms with E-state index in [0.717, 1.165) is 35.9 Å². The lowest BCUT2D eigenvalue weighted by Gasteiger charge is -2.41. The third-order valence-corrected chi connectivity index (χ3v) is 7.36. The lowest BCUT2D eigenvalue weighted by atomic mass is 9.95. The number of nitrogens with zero attached hydrogens (tertiary/aromatic N) is 4. The van der Waals surface area contributed by atoms with Gasteiger partial charge in [0.2, 0.25) is 0 Å². The van der Waals surface area contributed by atoms with Gasteiger partial charge in [0, 0.05) is 30.0 Å². The smallest absolute Gasteiger partial charge is 0.156 e. The molecule has 0 radical (unpaired) electrons. The fraction of sp³-hybridized carbons (Fsp3) is 0.636. The summed E-state index contributed by atoms with van der Waals surface area (Å²) in [6.07, 6.45) is 12.7. The van der Waals surface area contributed by atoms with Crippen LogP contribution < -0.4 is 0 Å². The second kappa shape index (κ2) is 6.56. The number of fused-ring (bicyclic) bond motifs is 3. The Morgan fingerprint density at radius 3 is 2.86 bits per heavy atom. The molecule has 0 bridgehead atoms. The molecule has 28 heavy (non-hydrogen) atoms. The molecule has 1 aliphatic heterocycles. The zero-order chi connectivity index (χ0) is 18.7. The molecule has 2 aliphatic carbocycles. The summed E-state index contributed by atoms with van der Waals surface area (Å²) in [7, 11) is 0. The second-order valence-electron chi connectivity index (χ2n) is 9.22. The van der Waals surface area contributed by atoms with Crippen LogP contribution in [0.5, 0.6) is 0 Å². The zero-order valence-corrected chi connectivity index (χ0v) is 16.6. The summed E-state index contributed by atoms with van der Waals surface area (Å²) in [6, 6.07) is 3.42. The predicted molar refractivity (Wildman–Crippen MR) is 108 cm³/mol. The molecule has 0 aromatic carbocycles. The molecule has 3 aromatic rings. The molecule has 3 aliphatic rings. The van der Waals surface area contributed by atoms with Gasteiger partial charge < -0.3 is 9.72 Å². The van der Waals surface area contributed by atoms with Gasteiger partial charge in [-0.1, -0.05) is 19.8 Å². The maximum Gasteiger partial charge on any atom is 0.156 e. The Bertz CT molecular complexity index is 985. The molecule has 148 valence electrons. The van der Waals surface area contributed by atoms with Crippen molar-refractivity contribution in [3.8, 4) is 0 Å². The average molecular weight is 380 g/mol.